The standard InChI is InChI=1S/C15H23N3OS/c1-3-4-14-5-7-15(8-6-14)13-17-9-11-18(12-10-17)20(19)16-2/h3-8,16H,9-13H2,1-2H3/b4-3+. The molecule has 1 fully saturated rings. The summed E-state index contributed by atoms with van der Waals surface area (Å²) in [6, 6.07) is 8.68. The lowest BCUT2D eigenvalue weighted by atomic mass is 10.1. The molecule has 110 valence electrons. The van der Waals surface area contributed by atoms with Crippen molar-refractivity contribution in [3.05, 3.63) is 41.5 Å². The molecule has 1 saturated heterocycles. The van der Waals surface area contributed by atoms with E-state index in [0.717, 1.165) is 32.7 Å². The minimum atomic E-state index is -1.03. The molecule has 0 bridgehead atoms. The largest absolute Gasteiger partial charge is 0.296 e. The summed E-state index contributed by atoms with van der Waals surface area (Å²) >= 11 is -1.03. The molecule has 0 spiro atoms. The molecule has 1 aliphatic heterocycles. The first kappa shape index (κ1) is 15.4. The van der Waals surface area contributed by atoms with E-state index in [4.69, 9.17) is 0 Å². The summed E-state index contributed by atoms with van der Waals surface area (Å²) in [4.78, 5) is 2.41. The molecule has 2 rings (SSSR count). The summed E-state index contributed by atoms with van der Waals surface area (Å²) in [6.07, 6.45) is 4.16. The van der Waals surface area contributed by atoms with Crippen LogP contribution in [0.25, 0.3) is 6.08 Å². The van der Waals surface area contributed by atoms with Gasteiger partial charge in [0.2, 0.25) is 0 Å². The van der Waals surface area contributed by atoms with Crippen molar-refractivity contribution < 1.29 is 4.21 Å². The molecule has 0 aliphatic carbocycles. The Morgan fingerprint density at radius 3 is 2.40 bits per heavy atom. The van der Waals surface area contributed by atoms with Crippen LogP contribution in [-0.4, -0.2) is 46.6 Å². The van der Waals surface area contributed by atoms with Gasteiger partial charge in [-0.3, -0.25) is 4.90 Å². The number of rotatable bonds is 5. The van der Waals surface area contributed by atoms with Crippen LogP contribution < -0.4 is 4.72 Å². The first-order valence-electron chi connectivity index (χ1n) is 7.01. The predicted octanol–water partition coefficient (Wildman–Crippen LogP) is 1.64. The van der Waals surface area contributed by atoms with E-state index >= 15 is 0 Å². The van der Waals surface area contributed by atoms with Crippen molar-refractivity contribution in [3.8, 4) is 0 Å². The second-order valence-corrected chi connectivity index (χ2v) is 6.32. The van der Waals surface area contributed by atoms with Crippen LogP contribution in [0.5, 0.6) is 0 Å². The molecular weight excluding hydrogens is 270 g/mol. The highest BCUT2D eigenvalue weighted by atomic mass is 32.2. The maximum atomic E-state index is 11.6. The van der Waals surface area contributed by atoms with Gasteiger partial charge in [0.1, 0.15) is 0 Å². The molecule has 1 heterocycles. The maximum Gasteiger partial charge on any atom is 0.169 e. The van der Waals surface area contributed by atoms with Crippen LogP contribution in [0.15, 0.2) is 30.3 Å². The van der Waals surface area contributed by atoms with E-state index in [1.807, 2.05) is 11.2 Å². The lowest BCUT2D eigenvalue weighted by Gasteiger charge is -2.33. The van der Waals surface area contributed by atoms with Crippen LogP contribution in [0.3, 0.4) is 0 Å². The fourth-order valence-corrected chi connectivity index (χ4v) is 3.12. The van der Waals surface area contributed by atoms with E-state index in [2.05, 4.69) is 46.0 Å². The molecule has 5 heteroatoms. The summed E-state index contributed by atoms with van der Waals surface area (Å²) in [6.45, 7) is 6.63. The van der Waals surface area contributed by atoms with Crippen LogP contribution in [0.1, 0.15) is 18.1 Å². The summed E-state index contributed by atoms with van der Waals surface area (Å²) in [7, 11) is 1.73. The number of piperazine rings is 1. The monoisotopic (exact) mass is 293 g/mol. The van der Waals surface area contributed by atoms with Gasteiger partial charge in [-0.25, -0.2) is 13.2 Å². The number of allylic oxidation sites excluding steroid dienone is 1. The van der Waals surface area contributed by atoms with Crippen molar-refractivity contribution in [2.24, 2.45) is 0 Å². The van der Waals surface area contributed by atoms with Crippen molar-refractivity contribution >= 4 is 17.2 Å². The second kappa shape index (κ2) is 7.69. The highest BCUT2D eigenvalue weighted by Crippen LogP contribution is 2.11. The first-order chi connectivity index (χ1) is 9.72. The van der Waals surface area contributed by atoms with Crippen molar-refractivity contribution in [1.29, 1.82) is 0 Å². The molecule has 0 saturated carbocycles. The van der Waals surface area contributed by atoms with Crippen LogP contribution in [0.2, 0.25) is 0 Å². The normalized spacial score (nSPS) is 19.5. The van der Waals surface area contributed by atoms with Crippen LogP contribution in [-0.2, 0) is 17.7 Å². The average molecular weight is 293 g/mol. The van der Waals surface area contributed by atoms with Crippen molar-refractivity contribution in [2.75, 3.05) is 33.2 Å². The molecule has 1 unspecified atom stereocenters. The van der Waals surface area contributed by atoms with Gasteiger partial charge in [0.25, 0.3) is 0 Å². The molecule has 4 nitrogen and oxygen atoms in total. The molecule has 1 aromatic carbocycles. The number of hydrogen-bond acceptors (Lipinski definition) is 2. The van der Waals surface area contributed by atoms with Crippen molar-refractivity contribution in [2.45, 2.75) is 13.5 Å². The molecule has 20 heavy (non-hydrogen) atoms. The van der Waals surface area contributed by atoms with E-state index in [1.165, 1.54) is 11.1 Å². The molecule has 1 aromatic rings. The highest BCUT2D eigenvalue weighted by Gasteiger charge is 2.20. The van der Waals surface area contributed by atoms with Gasteiger partial charge in [-0.1, -0.05) is 36.4 Å². The van der Waals surface area contributed by atoms with Gasteiger partial charge in [0, 0.05) is 32.7 Å². The molecule has 0 amide bonds. The number of nitrogens with zero attached hydrogens (tertiary/aromatic N) is 2. The Morgan fingerprint density at radius 1 is 1.20 bits per heavy atom. The number of hydrogen-bond donors (Lipinski definition) is 1. The molecule has 1 aliphatic rings. The van der Waals surface area contributed by atoms with Gasteiger partial charge in [-0.15, -0.1) is 0 Å². The molecule has 1 atom stereocenters. The zero-order valence-electron chi connectivity index (χ0n) is 12.2. The van der Waals surface area contributed by atoms with Gasteiger partial charge < -0.3 is 0 Å². The Hall–Kier alpha value is -1.01. The Kier molecular flexibility index (Phi) is 5.91. The number of nitrogens with one attached hydrogen (secondary N) is 1. The third-order valence-corrected chi connectivity index (χ3v) is 4.67. The average Bonchev–Trinajstić information content (AvgIpc) is 2.49. The maximum absolute atomic E-state index is 11.6. The van der Waals surface area contributed by atoms with E-state index in [0.29, 0.717) is 0 Å². The highest BCUT2D eigenvalue weighted by molar-refractivity contribution is 7.80. The van der Waals surface area contributed by atoms with Gasteiger partial charge in [-0.2, -0.15) is 0 Å². The topological polar surface area (TPSA) is 35.6 Å². The van der Waals surface area contributed by atoms with E-state index in [-0.39, 0.29) is 0 Å². The lowest BCUT2D eigenvalue weighted by Crippen LogP contribution is -2.48. The Morgan fingerprint density at radius 2 is 1.85 bits per heavy atom. The summed E-state index contributed by atoms with van der Waals surface area (Å²) in [5.74, 6) is 0. The van der Waals surface area contributed by atoms with Gasteiger partial charge in [0.15, 0.2) is 11.2 Å². The van der Waals surface area contributed by atoms with Gasteiger partial charge in [-0.05, 0) is 25.1 Å². The molecule has 0 aromatic heterocycles. The zero-order chi connectivity index (χ0) is 14.4. The van der Waals surface area contributed by atoms with Gasteiger partial charge >= 0.3 is 0 Å². The Bertz CT molecular complexity index is 465. The third kappa shape index (κ3) is 4.24. The van der Waals surface area contributed by atoms with E-state index < -0.39 is 11.2 Å². The number of benzene rings is 1. The smallest absolute Gasteiger partial charge is 0.169 e. The lowest BCUT2D eigenvalue weighted by molar-refractivity contribution is 0.185. The molecule has 0 radical (unpaired) electrons. The summed E-state index contributed by atoms with van der Waals surface area (Å²) in [5.41, 5.74) is 2.58. The van der Waals surface area contributed by atoms with Crippen molar-refractivity contribution in [1.82, 2.24) is 13.9 Å². The second-order valence-electron chi connectivity index (χ2n) is 4.90. The third-order valence-electron chi connectivity index (χ3n) is 3.49. The van der Waals surface area contributed by atoms with Crippen LogP contribution in [0.4, 0.5) is 0 Å². The predicted molar refractivity (Wildman–Crippen MR) is 85.2 cm³/mol. The minimum Gasteiger partial charge on any atom is -0.296 e. The molecular formula is C15H23N3OS. The van der Waals surface area contributed by atoms with E-state index in [1.54, 1.807) is 7.05 Å². The SMILES string of the molecule is C/C=C/c1ccc(CN2CCN(S(=O)NC)CC2)cc1. The van der Waals surface area contributed by atoms with E-state index in [9.17, 15) is 4.21 Å². The summed E-state index contributed by atoms with van der Waals surface area (Å²) < 4.78 is 16.4. The Labute approximate surface area is 124 Å². The fraction of sp³-hybridized carbons (Fsp3) is 0.467. The summed E-state index contributed by atoms with van der Waals surface area (Å²) in [5, 5.41) is 0. The minimum absolute atomic E-state index is 0.851. The van der Waals surface area contributed by atoms with Gasteiger partial charge in [0.05, 0.1) is 0 Å². The Balaban J connectivity index is 1.84. The van der Waals surface area contributed by atoms with Crippen LogP contribution >= 0.6 is 0 Å². The molecule has 1 N–H and O–H groups in total. The van der Waals surface area contributed by atoms with Crippen molar-refractivity contribution in [3.63, 3.8) is 0 Å². The van der Waals surface area contributed by atoms with Crippen LogP contribution in [0, 0.1) is 0 Å². The first-order valence-corrected chi connectivity index (χ1v) is 8.12. The zero-order valence-corrected chi connectivity index (χ0v) is 13.0. The quantitative estimate of drug-likeness (QED) is 0.896. The fourth-order valence-electron chi connectivity index (χ4n) is 2.37.